The quantitative estimate of drug-likeness (QED) is 0.278. The van der Waals surface area contributed by atoms with Gasteiger partial charge in [-0.15, -0.1) is 24.0 Å². The Hall–Kier alpha value is -0.570. The SMILES string of the molecule is CCN(CC)CCCC(C)NC(=NCC(=O)N(C)C)NC1CCCCC1.I. The van der Waals surface area contributed by atoms with Crippen LogP contribution in [0.2, 0.25) is 0 Å². The Morgan fingerprint density at radius 1 is 1.15 bits per heavy atom. The van der Waals surface area contributed by atoms with Gasteiger partial charge in [0.15, 0.2) is 5.96 Å². The van der Waals surface area contributed by atoms with Crippen molar-refractivity contribution in [2.75, 3.05) is 40.3 Å². The Bertz CT molecular complexity index is 421. The van der Waals surface area contributed by atoms with Crippen LogP contribution in [0.5, 0.6) is 0 Å². The van der Waals surface area contributed by atoms with Crippen molar-refractivity contribution in [3.8, 4) is 0 Å². The minimum atomic E-state index is 0. The molecule has 27 heavy (non-hydrogen) atoms. The molecule has 0 saturated heterocycles. The van der Waals surface area contributed by atoms with Gasteiger partial charge < -0.3 is 20.4 Å². The summed E-state index contributed by atoms with van der Waals surface area (Å²) in [6, 6.07) is 0.821. The molecule has 1 aliphatic carbocycles. The highest BCUT2D eigenvalue weighted by atomic mass is 127. The molecular weight excluding hydrogens is 453 g/mol. The van der Waals surface area contributed by atoms with E-state index in [0.717, 1.165) is 32.0 Å². The monoisotopic (exact) mass is 495 g/mol. The molecule has 1 atom stereocenters. The van der Waals surface area contributed by atoms with Gasteiger partial charge in [0.2, 0.25) is 5.91 Å². The van der Waals surface area contributed by atoms with Crippen molar-refractivity contribution in [2.24, 2.45) is 4.99 Å². The van der Waals surface area contributed by atoms with E-state index in [1.54, 1.807) is 19.0 Å². The minimum absolute atomic E-state index is 0. The molecule has 1 amide bonds. The van der Waals surface area contributed by atoms with Gasteiger partial charge in [-0.1, -0.05) is 33.1 Å². The average Bonchev–Trinajstić information content (AvgIpc) is 2.63. The van der Waals surface area contributed by atoms with Crippen molar-refractivity contribution in [1.82, 2.24) is 20.4 Å². The Kier molecular flexibility index (Phi) is 15.0. The summed E-state index contributed by atoms with van der Waals surface area (Å²) in [4.78, 5) is 20.5. The molecule has 0 spiro atoms. The van der Waals surface area contributed by atoms with Crippen molar-refractivity contribution in [3.63, 3.8) is 0 Å². The number of hydrogen-bond acceptors (Lipinski definition) is 3. The zero-order valence-electron chi connectivity index (χ0n) is 18.1. The Morgan fingerprint density at radius 3 is 2.33 bits per heavy atom. The predicted molar refractivity (Wildman–Crippen MR) is 126 cm³/mol. The van der Waals surface area contributed by atoms with Gasteiger partial charge in [0.05, 0.1) is 0 Å². The smallest absolute Gasteiger partial charge is 0.243 e. The van der Waals surface area contributed by atoms with Gasteiger partial charge in [-0.3, -0.25) is 4.79 Å². The van der Waals surface area contributed by atoms with Crippen molar-refractivity contribution < 1.29 is 4.79 Å². The standard InChI is InChI=1S/C20H41N5O.HI/c1-6-25(7-2)15-11-12-17(3)22-20(21-16-19(26)24(4)5)23-18-13-9-8-10-14-18;/h17-18H,6-16H2,1-5H3,(H2,21,22,23);1H. The van der Waals surface area contributed by atoms with Crippen LogP contribution in [0.1, 0.15) is 65.7 Å². The molecule has 7 heteroatoms. The minimum Gasteiger partial charge on any atom is -0.354 e. The lowest BCUT2D eigenvalue weighted by Gasteiger charge is -2.27. The molecule has 0 radical (unpaired) electrons. The topological polar surface area (TPSA) is 60.0 Å². The second kappa shape index (κ2) is 15.4. The Balaban J connectivity index is 0.00000676. The van der Waals surface area contributed by atoms with Crippen LogP contribution in [0, 0.1) is 0 Å². The number of likely N-dealkylation sites (N-methyl/N-ethyl adjacent to an activating group) is 1. The Morgan fingerprint density at radius 2 is 1.78 bits per heavy atom. The van der Waals surface area contributed by atoms with Crippen LogP contribution in [0.15, 0.2) is 4.99 Å². The first kappa shape index (κ1) is 26.4. The normalized spacial score (nSPS) is 16.6. The van der Waals surface area contributed by atoms with Crippen LogP contribution < -0.4 is 10.6 Å². The van der Waals surface area contributed by atoms with E-state index >= 15 is 0 Å². The van der Waals surface area contributed by atoms with Crippen LogP contribution >= 0.6 is 24.0 Å². The summed E-state index contributed by atoms with van der Waals surface area (Å²) in [6.07, 6.45) is 8.55. The number of hydrogen-bond donors (Lipinski definition) is 2. The van der Waals surface area contributed by atoms with E-state index in [9.17, 15) is 4.79 Å². The third kappa shape index (κ3) is 11.8. The van der Waals surface area contributed by atoms with Crippen LogP contribution in [0.25, 0.3) is 0 Å². The van der Waals surface area contributed by atoms with Gasteiger partial charge in [0.25, 0.3) is 0 Å². The largest absolute Gasteiger partial charge is 0.354 e. The molecule has 6 nitrogen and oxygen atoms in total. The molecule has 2 N–H and O–H groups in total. The Labute approximate surface area is 183 Å². The van der Waals surface area contributed by atoms with E-state index in [1.807, 2.05) is 0 Å². The molecule has 0 aromatic rings. The molecule has 1 saturated carbocycles. The molecule has 160 valence electrons. The van der Waals surface area contributed by atoms with Crippen molar-refractivity contribution in [2.45, 2.75) is 77.8 Å². The third-order valence-corrected chi connectivity index (χ3v) is 5.21. The van der Waals surface area contributed by atoms with Crippen molar-refractivity contribution >= 4 is 35.8 Å². The molecule has 0 aromatic heterocycles. The van der Waals surface area contributed by atoms with Crippen LogP contribution in [0.3, 0.4) is 0 Å². The van der Waals surface area contributed by atoms with Gasteiger partial charge in [0.1, 0.15) is 6.54 Å². The van der Waals surface area contributed by atoms with Crippen LogP contribution in [0.4, 0.5) is 0 Å². The van der Waals surface area contributed by atoms with Gasteiger partial charge >= 0.3 is 0 Å². The summed E-state index contributed by atoms with van der Waals surface area (Å²) in [7, 11) is 3.55. The first-order valence-corrected chi connectivity index (χ1v) is 10.5. The number of carbonyl (C=O) groups excluding carboxylic acids is 1. The molecule has 1 unspecified atom stereocenters. The molecule has 1 fully saturated rings. The molecule has 1 rings (SSSR count). The van der Waals surface area contributed by atoms with E-state index in [2.05, 4.69) is 41.3 Å². The van der Waals surface area contributed by atoms with Gasteiger partial charge in [-0.2, -0.15) is 0 Å². The van der Waals surface area contributed by atoms with E-state index in [-0.39, 0.29) is 36.4 Å². The van der Waals surface area contributed by atoms with Crippen LogP contribution in [-0.4, -0.2) is 74.0 Å². The number of nitrogens with one attached hydrogen (secondary N) is 2. The summed E-state index contributed by atoms with van der Waals surface area (Å²) in [5.41, 5.74) is 0. The second-order valence-electron chi connectivity index (χ2n) is 7.65. The summed E-state index contributed by atoms with van der Waals surface area (Å²) in [5, 5.41) is 7.08. The lowest BCUT2D eigenvalue weighted by atomic mass is 9.96. The van der Waals surface area contributed by atoms with E-state index in [1.165, 1.54) is 38.5 Å². The molecule has 0 heterocycles. The summed E-state index contributed by atoms with van der Waals surface area (Å²) in [6.45, 7) is 10.2. The van der Waals surface area contributed by atoms with E-state index in [4.69, 9.17) is 0 Å². The zero-order chi connectivity index (χ0) is 19.4. The molecule has 1 aliphatic rings. The lowest BCUT2D eigenvalue weighted by Crippen LogP contribution is -2.47. The number of amides is 1. The van der Waals surface area contributed by atoms with Gasteiger partial charge in [-0.25, -0.2) is 4.99 Å². The maximum Gasteiger partial charge on any atom is 0.243 e. The number of aliphatic imine (C=N–C) groups is 1. The first-order valence-electron chi connectivity index (χ1n) is 10.5. The maximum atomic E-state index is 11.9. The number of guanidine groups is 1. The highest BCUT2D eigenvalue weighted by molar-refractivity contribution is 14.0. The third-order valence-electron chi connectivity index (χ3n) is 5.21. The number of rotatable bonds is 10. The average molecular weight is 495 g/mol. The summed E-state index contributed by atoms with van der Waals surface area (Å²) in [5.74, 6) is 0.825. The molecule has 0 aromatic carbocycles. The number of halogens is 1. The van der Waals surface area contributed by atoms with Crippen molar-refractivity contribution in [1.29, 1.82) is 0 Å². The number of nitrogens with zero attached hydrogens (tertiary/aromatic N) is 3. The van der Waals surface area contributed by atoms with E-state index < -0.39 is 0 Å². The number of carbonyl (C=O) groups is 1. The first-order chi connectivity index (χ1) is 12.5. The lowest BCUT2D eigenvalue weighted by molar-refractivity contribution is -0.127. The van der Waals surface area contributed by atoms with Crippen LogP contribution in [-0.2, 0) is 4.79 Å². The predicted octanol–water partition coefficient (Wildman–Crippen LogP) is 3.07. The fourth-order valence-electron chi connectivity index (χ4n) is 3.33. The maximum absolute atomic E-state index is 11.9. The molecule has 0 aliphatic heterocycles. The fraction of sp³-hybridized carbons (Fsp3) is 0.900. The molecule has 0 bridgehead atoms. The zero-order valence-corrected chi connectivity index (χ0v) is 20.4. The summed E-state index contributed by atoms with van der Waals surface area (Å²) >= 11 is 0. The van der Waals surface area contributed by atoms with E-state index in [0.29, 0.717) is 12.1 Å². The second-order valence-corrected chi connectivity index (χ2v) is 7.65. The highest BCUT2D eigenvalue weighted by Crippen LogP contribution is 2.17. The fourth-order valence-corrected chi connectivity index (χ4v) is 3.33. The summed E-state index contributed by atoms with van der Waals surface area (Å²) < 4.78 is 0. The van der Waals surface area contributed by atoms with Gasteiger partial charge in [-0.05, 0) is 52.2 Å². The van der Waals surface area contributed by atoms with Gasteiger partial charge in [0, 0.05) is 26.2 Å². The van der Waals surface area contributed by atoms with Crippen molar-refractivity contribution in [3.05, 3.63) is 0 Å². The highest BCUT2D eigenvalue weighted by Gasteiger charge is 2.16. The molecular formula is C20H42IN5O.